The van der Waals surface area contributed by atoms with Crippen LogP contribution in [0.5, 0.6) is 0 Å². The molecule has 1 aromatic heterocycles. The first kappa shape index (κ1) is 14.1. The predicted molar refractivity (Wildman–Crippen MR) is 77.5 cm³/mol. The Bertz CT molecular complexity index is 381. The van der Waals surface area contributed by atoms with Crippen molar-refractivity contribution in [3.63, 3.8) is 0 Å². The summed E-state index contributed by atoms with van der Waals surface area (Å²) >= 11 is 0. The smallest absolute Gasteiger partial charge is 0.133 e. The lowest BCUT2D eigenvalue weighted by atomic mass is 9.83. The molecule has 0 aliphatic heterocycles. The summed E-state index contributed by atoms with van der Waals surface area (Å²) in [7, 11) is 2.08. The molecule has 0 aromatic carbocycles. The standard InChI is InChI=1S/C14H24N4O/c1-18(8-6-12-4-2-5-12)14-10-13(16-11-17-14)15-7-3-9-19/h10-12,19H,2-9H2,1H3,(H,15,16,17). The molecule has 1 fully saturated rings. The molecule has 19 heavy (non-hydrogen) atoms. The summed E-state index contributed by atoms with van der Waals surface area (Å²) in [6.07, 6.45) is 7.78. The van der Waals surface area contributed by atoms with E-state index in [4.69, 9.17) is 5.11 Å². The number of aromatic nitrogens is 2. The Labute approximate surface area is 115 Å². The lowest BCUT2D eigenvalue weighted by Crippen LogP contribution is -2.24. The van der Waals surface area contributed by atoms with E-state index in [-0.39, 0.29) is 6.61 Å². The second kappa shape index (κ2) is 7.28. The van der Waals surface area contributed by atoms with Gasteiger partial charge in [0.25, 0.3) is 0 Å². The van der Waals surface area contributed by atoms with E-state index in [1.54, 1.807) is 6.33 Å². The predicted octanol–water partition coefficient (Wildman–Crippen LogP) is 1.90. The highest BCUT2D eigenvalue weighted by Gasteiger charge is 2.17. The second-order valence-electron chi connectivity index (χ2n) is 5.27. The third-order valence-corrected chi connectivity index (χ3v) is 3.78. The Hall–Kier alpha value is -1.36. The molecule has 0 spiro atoms. The molecule has 106 valence electrons. The Morgan fingerprint density at radius 3 is 2.95 bits per heavy atom. The topological polar surface area (TPSA) is 61.3 Å². The number of rotatable bonds is 8. The number of hydrogen-bond donors (Lipinski definition) is 2. The highest BCUT2D eigenvalue weighted by molar-refractivity contribution is 5.47. The molecule has 0 radical (unpaired) electrons. The highest BCUT2D eigenvalue weighted by atomic mass is 16.3. The molecule has 0 saturated heterocycles. The average molecular weight is 264 g/mol. The van der Waals surface area contributed by atoms with Crippen LogP contribution in [0, 0.1) is 5.92 Å². The van der Waals surface area contributed by atoms with E-state index in [2.05, 4.69) is 27.2 Å². The lowest BCUT2D eigenvalue weighted by Gasteiger charge is -2.28. The van der Waals surface area contributed by atoms with Gasteiger partial charge in [0.05, 0.1) is 0 Å². The van der Waals surface area contributed by atoms with Gasteiger partial charge in [0.1, 0.15) is 18.0 Å². The van der Waals surface area contributed by atoms with Crippen LogP contribution in [0.15, 0.2) is 12.4 Å². The molecule has 0 unspecified atom stereocenters. The third-order valence-electron chi connectivity index (χ3n) is 3.78. The van der Waals surface area contributed by atoms with Crippen molar-refractivity contribution in [2.45, 2.75) is 32.1 Å². The van der Waals surface area contributed by atoms with Crippen molar-refractivity contribution in [3.8, 4) is 0 Å². The fourth-order valence-corrected chi connectivity index (χ4v) is 2.22. The molecule has 1 saturated carbocycles. The molecule has 2 N–H and O–H groups in total. The summed E-state index contributed by atoms with van der Waals surface area (Å²) in [6, 6.07) is 1.97. The van der Waals surface area contributed by atoms with Crippen LogP contribution in [0.1, 0.15) is 32.1 Å². The van der Waals surface area contributed by atoms with Crippen LogP contribution in [0.25, 0.3) is 0 Å². The largest absolute Gasteiger partial charge is 0.396 e. The molecule has 5 nitrogen and oxygen atoms in total. The van der Waals surface area contributed by atoms with E-state index in [1.165, 1.54) is 25.7 Å². The summed E-state index contributed by atoms with van der Waals surface area (Å²) in [5.74, 6) is 2.71. The van der Waals surface area contributed by atoms with Crippen molar-refractivity contribution in [3.05, 3.63) is 12.4 Å². The minimum atomic E-state index is 0.201. The quantitative estimate of drug-likeness (QED) is 0.702. The number of anilines is 2. The Morgan fingerprint density at radius 2 is 2.26 bits per heavy atom. The molecule has 1 aliphatic carbocycles. The van der Waals surface area contributed by atoms with E-state index in [0.717, 1.165) is 37.1 Å². The fraction of sp³-hybridized carbons (Fsp3) is 0.714. The van der Waals surface area contributed by atoms with Crippen LogP contribution in [0.3, 0.4) is 0 Å². The SMILES string of the molecule is CN(CCC1CCC1)c1cc(NCCCO)ncn1. The molecular weight excluding hydrogens is 240 g/mol. The lowest BCUT2D eigenvalue weighted by molar-refractivity contribution is 0.292. The van der Waals surface area contributed by atoms with E-state index in [9.17, 15) is 0 Å². The monoisotopic (exact) mass is 264 g/mol. The Morgan fingerprint density at radius 1 is 1.42 bits per heavy atom. The zero-order valence-electron chi connectivity index (χ0n) is 11.7. The van der Waals surface area contributed by atoms with Gasteiger partial charge in [-0.05, 0) is 18.8 Å². The van der Waals surface area contributed by atoms with Gasteiger partial charge < -0.3 is 15.3 Å². The van der Waals surface area contributed by atoms with Crippen LogP contribution in [0.2, 0.25) is 0 Å². The molecule has 1 aliphatic rings. The van der Waals surface area contributed by atoms with Gasteiger partial charge in [-0.2, -0.15) is 0 Å². The van der Waals surface area contributed by atoms with Crippen molar-refractivity contribution >= 4 is 11.6 Å². The fourth-order valence-electron chi connectivity index (χ4n) is 2.22. The minimum Gasteiger partial charge on any atom is -0.396 e. The zero-order valence-corrected chi connectivity index (χ0v) is 11.7. The molecular formula is C14H24N4O. The van der Waals surface area contributed by atoms with Gasteiger partial charge in [0.15, 0.2) is 0 Å². The molecule has 2 rings (SSSR count). The van der Waals surface area contributed by atoms with E-state index >= 15 is 0 Å². The van der Waals surface area contributed by atoms with Gasteiger partial charge in [-0.25, -0.2) is 9.97 Å². The summed E-state index contributed by atoms with van der Waals surface area (Å²) in [6.45, 7) is 1.99. The molecule has 1 aromatic rings. The maximum absolute atomic E-state index is 8.76. The zero-order chi connectivity index (χ0) is 13.5. The molecule has 1 heterocycles. The normalized spacial score (nSPS) is 15.1. The number of aliphatic hydroxyl groups excluding tert-OH is 1. The van der Waals surface area contributed by atoms with E-state index < -0.39 is 0 Å². The van der Waals surface area contributed by atoms with Gasteiger partial charge in [-0.1, -0.05) is 19.3 Å². The van der Waals surface area contributed by atoms with Crippen molar-refractivity contribution in [1.82, 2.24) is 9.97 Å². The first-order valence-electron chi connectivity index (χ1n) is 7.17. The van der Waals surface area contributed by atoms with Gasteiger partial charge >= 0.3 is 0 Å². The van der Waals surface area contributed by atoms with Crippen LogP contribution in [-0.2, 0) is 0 Å². The first-order valence-corrected chi connectivity index (χ1v) is 7.17. The second-order valence-corrected chi connectivity index (χ2v) is 5.27. The van der Waals surface area contributed by atoms with Crippen LogP contribution >= 0.6 is 0 Å². The van der Waals surface area contributed by atoms with Crippen molar-refractivity contribution in [2.75, 3.05) is 37.0 Å². The Balaban J connectivity index is 1.81. The maximum atomic E-state index is 8.76. The number of hydrogen-bond acceptors (Lipinski definition) is 5. The molecule has 0 atom stereocenters. The van der Waals surface area contributed by atoms with E-state index in [0.29, 0.717) is 0 Å². The van der Waals surface area contributed by atoms with Crippen LogP contribution in [0.4, 0.5) is 11.6 Å². The van der Waals surface area contributed by atoms with Crippen LogP contribution < -0.4 is 10.2 Å². The van der Waals surface area contributed by atoms with Crippen LogP contribution in [-0.4, -0.2) is 41.8 Å². The maximum Gasteiger partial charge on any atom is 0.133 e. The summed E-state index contributed by atoms with van der Waals surface area (Å²) in [4.78, 5) is 10.7. The molecule has 5 heteroatoms. The minimum absolute atomic E-state index is 0.201. The van der Waals surface area contributed by atoms with Gasteiger partial charge in [0, 0.05) is 32.8 Å². The van der Waals surface area contributed by atoms with Crippen molar-refractivity contribution in [1.29, 1.82) is 0 Å². The summed E-state index contributed by atoms with van der Waals surface area (Å²) < 4.78 is 0. The van der Waals surface area contributed by atoms with E-state index in [1.807, 2.05) is 6.07 Å². The van der Waals surface area contributed by atoms with Crippen molar-refractivity contribution in [2.24, 2.45) is 5.92 Å². The van der Waals surface area contributed by atoms with Gasteiger partial charge in [0.2, 0.25) is 0 Å². The van der Waals surface area contributed by atoms with Gasteiger partial charge in [-0.3, -0.25) is 0 Å². The number of nitrogens with zero attached hydrogens (tertiary/aromatic N) is 3. The first-order chi connectivity index (χ1) is 9.29. The van der Waals surface area contributed by atoms with Crippen molar-refractivity contribution < 1.29 is 5.11 Å². The van der Waals surface area contributed by atoms with Gasteiger partial charge in [-0.15, -0.1) is 0 Å². The molecule has 0 amide bonds. The summed E-state index contributed by atoms with van der Waals surface area (Å²) in [5, 5.41) is 11.9. The highest BCUT2D eigenvalue weighted by Crippen LogP contribution is 2.29. The molecule has 0 bridgehead atoms. The Kier molecular flexibility index (Phi) is 5.39. The number of nitrogens with one attached hydrogen (secondary N) is 1. The summed E-state index contributed by atoms with van der Waals surface area (Å²) in [5.41, 5.74) is 0. The third kappa shape index (κ3) is 4.35. The average Bonchev–Trinajstić information content (AvgIpc) is 2.37. The number of aliphatic hydroxyl groups is 1.